The quantitative estimate of drug-likeness (QED) is 0.572. The van der Waals surface area contributed by atoms with Crippen molar-refractivity contribution < 1.29 is 13.2 Å². The largest absolute Gasteiger partial charge is 0.325 e. The second kappa shape index (κ2) is 9.43. The molecule has 0 radical (unpaired) electrons. The van der Waals surface area contributed by atoms with Gasteiger partial charge >= 0.3 is 0 Å². The van der Waals surface area contributed by atoms with Crippen LogP contribution in [-0.2, 0) is 21.4 Å². The van der Waals surface area contributed by atoms with Crippen molar-refractivity contribution in [2.45, 2.75) is 25.3 Å². The number of rotatable bonds is 7. The van der Waals surface area contributed by atoms with Gasteiger partial charge in [0.25, 0.3) is 0 Å². The van der Waals surface area contributed by atoms with Gasteiger partial charge in [0.2, 0.25) is 15.9 Å². The predicted octanol–water partition coefficient (Wildman–Crippen LogP) is 4.79. The van der Waals surface area contributed by atoms with Gasteiger partial charge < -0.3 is 5.32 Å². The summed E-state index contributed by atoms with van der Waals surface area (Å²) in [6.07, 6.45) is 0. The van der Waals surface area contributed by atoms with E-state index in [1.165, 1.54) is 4.31 Å². The van der Waals surface area contributed by atoms with Crippen molar-refractivity contribution in [2.24, 2.45) is 0 Å². The summed E-state index contributed by atoms with van der Waals surface area (Å²) in [5.74, 6) is -0.444. The van der Waals surface area contributed by atoms with Gasteiger partial charge in [-0.05, 0) is 49.7 Å². The number of hydrogen-bond donors (Lipinski definition) is 1. The fourth-order valence-corrected chi connectivity index (χ4v) is 4.48. The Hall–Kier alpha value is -2.67. The minimum atomic E-state index is -3.88. The van der Waals surface area contributed by atoms with E-state index in [0.29, 0.717) is 10.7 Å². The molecule has 30 heavy (non-hydrogen) atoms. The van der Waals surface area contributed by atoms with Crippen LogP contribution in [0.2, 0.25) is 5.02 Å². The van der Waals surface area contributed by atoms with Gasteiger partial charge in [-0.15, -0.1) is 0 Å². The van der Waals surface area contributed by atoms with E-state index in [-0.39, 0.29) is 18.0 Å². The van der Waals surface area contributed by atoms with Gasteiger partial charge in [0.1, 0.15) is 0 Å². The summed E-state index contributed by atoms with van der Waals surface area (Å²) in [7, 11) is -3.88. The number of anilines is 1. The van der Waals surface area contributed by atoms with Crippen molar-refractivity contribution >= 4 is 33.2 Å². The summed E-state index contributed by atoms with van der Waals surface area (Å²) in [5, 5.41) is 3.19. The molecule has 3 rings (SSSR count). The first-order valence-electron chi connectivity index (χ1n) is 9.42. The summed E-state index contributed by atoms with van der Waals surface area (Å²) in [4.78, 5) is 12.8. The molecule has 5 nitrogen and oxygen atoms in total. The average molecular weight is 443 g/mol. The van der Waals surface area contributed by atoms with Crippen molar-refractivity contribution in [1.29, 1.82) is 0 Å². The maximum Gasteiger partial charge on any atom is 0.243 e. The number of nitrogens with zero attached hydrogens (tertiary/aromatic N) is 1. The number of carbonyl (C=O) groups excluding carboxylic acids is 1. The first-order chi connectivity index (χ1) is 14.2. The molecule has 156 valence electrons. The molecule has 0 fully saturated rings. The van der Waals surface area contributed by atoms with Crippen molar-refractivity contribution in [3.8, 4) is 0 Å². The molecule has 3 aromatic carbocycles. The van der Waals surface area contributed by atoms with Crippen LogP contribution in [0.3, 0.4) is 0 Å². The molecule has 0 heterocycles. The molecule has 0 spiro atoms. The number of aryl methyl sites for hydroxylation is 2. The number of benzene rings is 3. The lowest BCUT2D eigenvalue weighted by molar-refractivity contribution is -0.116. The average Bonchev–Trinajstić information content (AvgIpc) is 2.69. The van der Waals surface area contributed by atoms with E-state index < -0.39 is 15.9 Å². The standard InChI is InChI=1S/C23H23ClN2O3S/c1-17-6-10-19(11-7-17)15-26(30(28,29)22-12-8-18(2)9-13-22)16-23(27)25-21-5-3-4-20(24)14-21/h3-14H,15-16H2,1-2H3,(H,25,27). The molecule has 0 aliphatic heterocycles. The summed E-state index contributed by atoms with van der Waals surface area (Å²) >= 11 is 5.96. The monoisotopic (exact) mass is 442 g/mol. The maximum atomic E-state index is 13.3. The normalized spacial score (nSPS) is 11.5. The predicted molar refractivity (Wildman–Crippen MR) is 120 cm³/mol. The van der Waals surface area contributed by atoms with Crippen LogP contribution in [0.1, 0.15) is 16.7 Å². The van der Waals surface area contributed by atoms with Crippen LogP contribution in [0.25, 0.3) is 0 Å². The van der Waals surface area contributed by atoms with E-state index in [1.54, 1.807) is 48.5 Å². The molecule has 1 amide bonds. The number of nitrogens with one attached hydrogen (secondary N) is 1. The van der Waals surface area contributed by atoms with Gasteiger partial charge in [0.15, 0.2) is 0 Å². The van der Waals surface area contributed by atoms with Crippen LogP contribution in [-0.4, -0.2) is 25.2 Å². The molecule has 0 aliphatic rings. The molecule has 0 saturated heterocycles. The molecule has 0 saturated carbocycles. The second-order valence-electron chi connectivity index (χ2n) is 7.13. The van der Waals surface area contributed by atoms with Crippen molar-refractivity contribution in [3.05, 3.63) is 94.5 Å². The van der Waals surface area contributed by atoms with Crippen LogP contribution in [0.4, 0.5) is 5.69 Å². The summed E-state index contributed by atoms with van der Waals surface area (Å²) < 4.78 is 27.7. The smallest absolute Gasteiger partial charge is 0.243 e. The number of hydrogen-bond acceptors (Lipinski definition) is 3. The Morgan fingerprint density at radius 2 is 1.53 bits per heavy atom. The molecule has 0 unspecified atom stereocenters. The van der Waals surface area contributed by atoms with Gasteiger partial charge in [-0.2, -0.15) is 4.31 Å². The van der Waals surface area contributed by atoms with E-state index >= 15 is 0 Å². The highest BCUT2D eigenvalue weighted by atomic mass is 35.5. The van der Waals surface area contributed by atoms with Crippen LogP contribution < -0.4 is 5.32 Å². The highest BCUT2D eigenvalue weighted by molar-refractivity contribution is 7.89. The van der Waals surface area contributed by atoms with Crippen molar-refractivity contribution in [2.75, 3.05) is 11.9 Å². The first kappa shape index (κ1) is 22.0. The summed E-state index contributed by atoms with van der Waals surface area (Å²) in [5.41, 5.74) is 3.34. The van der Waals surface area contributed by atoms with E-state index in [0.717, 1.165) is 16.7 Å². The van der Waals surface area contributed by atoms with E-state index in [4.69, 9.17) is 11.6 Å². The number of carbonyl (C=O) groups is 1. The summed E-state index contributed by atoms with van der Waals surface area (Å²) in [6.45, 7) is 3.61. The molecular weight excluding hydrogens is 420 g/mol. The summed E-state index contributed by atoms with van der Waals surface area (Å²) in [6, 6.07) is 20.9. The van der Waals surface area contributed by atoms with Gasteiger partial charge in [0.05, 0.1) is 11.4 Å². The first-order valence-corrected chi connectivity index (χ1v) is 11.2. The molecule has 3 aromatic rings. The number of sulfonamides is 1. The molecule has 0 atom stereocenters. The lowest BCUT2D eigenvalue weighted by Gasteiger charge is -2.22. The Bertz CT molecular complexity index is 1130. The van der Waals surface area contributed by atoms with Crippen molar-refractivity contribution in [3.63, 3.8) is 0 Å². The molecule has 0 aromatic heterocycles. The lowest BCUT2D eigenvalue weighted by atomic mass is 10.1. The molecule has 0 bridgehead atoms. The molecule has 1 N–H and O–H groups in total. The molecular formula is C23H23ClN2O3S. The Morgan fingerprint density at radius 1 is 0.933 bits per heavy atom. The van der Waals surface area contributed by atoms with Crippen LogP contribution in [0.15, 0.2) is 77.7 Å². The zero-order valence-electron chi connectivity index (χ0n) is 16.8. The highest BCUT2D eigenvalue weighted by Gasteiger charge is 2.27. The zero-order valence-corrected chi connectivity index (χ0v) is 18.4. The highest BCUT2D eigenvalue weighted by Crippen LogP contribution is 2.20. The van der Waals surface area contributed by atoms with Crippen LogP contribution in [0, 0.1) is 13.8 Å². The van der Waals surface area contributed by atoms with E-state index in [9.17, 15) is 13.2 Å². The third-order valence-corrected chi connectivity index (χ3v) is 6.61. The van der Waals surface area contributed by atoms with Crippen LogP contribution in [0.5, 0.6) is 0 Å². The van der Waals surface area contributed by atoms with E-state index in [1.807, 2.05) is 38.1 Å². The SMILES string of the molecule is Cc1ccc(CN(CC(=O)Nc2cccc(Cl)c2)S(=O)(=O)c2ccc(C)cc2)cc1. The van der Waals surface area contributed by atoms with Gasteiger partial charge in [-0.1, -0.05) is 65.2 Å². The van der Waals surface area contributed by atoms with Gasteiger partial charge in [0, 0.05) is 17.3 Å². The number of halogens is 1. The Labute approximate surface area is 182 Å². The topological polar surface area (TPSA) is 66.5 Å². The van der Waals surface area contributed by atoms with E-state index in [2.05, 4.69) is 5.32 Å². The second-order valence-corrected chi connectivity index (χ2v) is 9.50. The maximum absolute atomic E-state index is 13.3. The minimum absolute atomic E-state index is 0.0828. The Morgan fingerprint density at radius 3 is 2.13 bits per heavy atom. The van der Waals surface area contributed by atoms with Crippen LogP contribution >= 0.6 is 11.6 Å². The van der Waals surface area contributed by atoms with Gasteiger partial charge in [-0.25, -0.2) is 8.42 Å². The Balaban J connectivity index is 1.87. The third kappa shape index (κ3) is 5.69. The Kier molecular flexibility index (Phi) is 6.92. The van der Waals surface area contributed by atoms with Gasteiger partial charge in [-0.3, -0.25) is 4.79 Å². The molecule has 7 heteroatoms. The lowest BCUT2D eigenvalue weighted by Crippen LogP contribution is -2.37. The zero-order chi connectivity index (χ0) is 21.7. The minimum Gasteiger partial charge on any atom is -0.325 e. The third-order valence-electron chi connectivity index (χ3n) is 4.57. The van der Waals surface area contributed by atoms with Crippen molar-refractivity contribution in [1.82, 2.24) is 4.31 Å². The fourth-order valence-electron chi connectivity index (χ4n) is 2.91. The fraction of sp³-hybridized carbons (Fsp3) is 0.174. The molecule has 0 aliphatic carbocycles. The number of amides is 1.